The van der Waals surface area contributed by atoms with Gasteiger partial charge < -0.3 is 10.1 Å². The van der Waals surface area contributed by atoms with Crippen LogP contribution in [-0.4, -0.2) is 34.5 Å². The number of hydrogen-bond donors (Lipinski definition) is 1. The Labute approximate surface area is 183 Å². The van der Waals surface area contributed by atoms with Crippen LogP contribution >= 0.6 is 0 Å². The van der Waals surface area contributed by atoms with Crippen LogP contribution < -0.4 is 9.62 Å². The standard InChI is InChI=1S/C24H26N2O4S/c1-19-8-14-23(15-9-19)31(28,29)26(2)22-12-10-21(11-13-22)24(27)25-16-17-30-18-20-6-4-3-5-7-20/h3-15H,16-18H2,1-2H3,(H,25,27). The third kappa shape index (κ3) is 5.93. The van der Waals surface area contributed by atoms with Crippen molar-refractivity contribution in [3.05, 3.63) is 95.6 Å². The summed E-state index contributed by atoms with van der Waals surface area (Å²) in [6.45, 7) is 3.18. The number of nitrogens with zero attached hydrogens (tertiary/aromatic N) is 1. The van der Waals surface area contributed by atoms with Gasteiger partial charge in [-0.2, -0.15) is 0 Å². The van der Waals surface area contributed by atoms with Crippen LogP contribution in [0.25, 0.3) is 0 Å². The Hall–Kier alpha value is -3.16. The summed E-state index contributed by atoms with van der Waals surface area (Å²) in [4.78, 5) is 12.5. The third-order valence-corrected chi connectivity index (χ3v) is 6.62. The van der Waals surface area contributed by atoms with Gasteiger partial charge in [0.15, 0.2) is 0 Å². The van der Waals surface area contributed by atoms with Gasteiger partial charge in [0.2, 0.25) is 0 Å². The molecular weight excluding hydrogens is 412 g/mol. The molecule has 162 valence electrons. The minimum atomic E-state index is -3.67. The Morgan fingerprint density at radius 1 is 0.935 bits per heavy atom. The molecule has 0 radical (unpaired) electrons. The van der Waals surface area contributed by atoms with E-state index in [1.165, 1.54) is 11.4 Å². The number of sulfonamides is 1. The van der Waals surface area contributed by atoms with Gasteiger partial charge in [-0.05, 0) is 48.9 Å². The van der Waals surface area contributed by atoms with E-state index in [0.29, 0.717) is 31.0 Å². The molecule has 3 aromatic carbocycles. The zero-order chi connectivity index (χ0) is 22.3. The van der Waals surface area contributed by atoms with Crippen molar-refractivity contribution < 1.29 is 17.9 Å². The number of aryl methyl sites for hydroxylation is 1. The van der Waals surface area contributed by atoms with Crippen LogP contribution in [0.5, 0.6) is 0 Å². The number of nitrogens with one attached hydrogen (secondary N) is 1. The SMILES string of the molecule is Cc1ccc(S(=O)(=O)N(C)c2ccc(C(=O)NCCOCc3ccccc3)cc2)cc1. The topological polar surface area (TPSA) is 75.7 Å². The van der Waals surface area contributed by atoms with Crippen LogP contribution in [0.1, 0.15) is 21.5 Å². The highest BCUT2D eigenvalue weighted by Crippen LogP contribution is 2.22. The molecule has 3 rings (SSSR count). The molecule has 0 unspecified atom stereocenters. The van der Waals surface area contributed by atoms with Crippen molar-refractivity contribution in [3.63, 3.8) is 0 Å². The second-order valence-electron chi connectivity index (χ2n) is 7.13. The zero-order valence-corrected chi connectivity index (χ0v) is 18.4. The first-order chi connectivity index (χ1) is 14.9. The lowest BCUT2D eigenvalue weighted by atomic mass is 10.2. The van der Waals surface area contributed by atoms with E-state index in [1.807, 2.05) is 37.3 Å². The molecule has 0 aliphatic heterocycles. The second kappa shape index (κ2) is 10.2. The van der Waals surface area contributed by atoms with Crippen LogP contribution in [0.3, 0.4) is 0 Å². The average molecular weight is 439 g/mol. The fourth-order valence-electron chi connectivity index (χ4n) is 2.93. The lowest BCUT2D eigenvalue weighted by Gasteiger charge is -2.20. The molecule has 0 fully saturated rings. The smallest absolute Gasteiger partial charge is 0.264 e. The molecule has 7 heteroatoms. The molecule has 3 aromatic rings. The Morgan fingerprint density at radius 3 is 2.23 bits per heavy atom. The average Bonchev–Trinajstić information content (AvgIpc) is 2.79. The van der Waals surface area contributed by atoms with E-state index in [0.717, 1.165) is 11.1 Å². The molecule has 0 aromatic heterocycles. The molecule has 0 bridgehead atoms. The number of carbonyl (C=O) groups is 1. The van der Waals surface area contributed by atoms with Crippen LogP contribution in [0, 0.1) is 6.92 Å². The summed E-state index contributed by atoms with van der Waals surface area (Å²) in [5.41, 5.74) is 2.99. The van der Waals surface area contributed by atoms with Crippen LogP contribution in [0.4, 0.5) is 5.69 Å². The van der Waals surface area contributed by atoms with Crippen molar-refractivity contribution in [3.8, 4) is 0 Å². The number of anilines is 1. The number of hydrogen-bond acceptors (Lipinski definition) is 4. The van der Waals surface area contributed by atoms with Crippen molar-refractivity contribution in [1.29, 1.82) is 0 Å². The number of carbonyl (C=O) groups excluding carboxylic acids is 1. The zero-order valence-electron chi connectivity index (χ0n) is 17.6. The van der Waals surface area contributed by atoms with Crippen molar-refractivity contribution in [1.82, 2.24) is 5.32 Å². The Morgan fingerprint density at radius 2 is 1.58 bits per heavy atom. The molecule has 31 heavy (non-hydrogen) atoms. The summed E-state index contributed by atoms with van der Waals surface area (Å²) in [6.07, 6.45) is 0. The molecule has 0 heterocycles. The van der Waals surface area contributed by atoms with Crippen molar-refractivity contribution >= 4 is 21.6 Å². The van der Waals surface area contributed by atoms with E-state index in [2.05, 4.69) is 5.32 Å². The van der Waals surface area contributed by atoms with Gasteiger partial charge in [-0.25, -0.2) is 8.42 Å². The minimum Gasteiger partial charge on any atom is -0.375 e. The molecule has 0 spiro atoms. The van der Waals surface area contributed by atoms with Crippen LogP contribution in [0.15, 0.2) is 83.8 Å². The van der Waals surface area contributed by atoms with Crippen LogP contribution in [-0.2, 0) is 21.4 Å². The third-order valence-electron chi connectivity index (χ3n) is 4.82. The molecule has 6 nitrogen and oxygen atoms in total. The van der Waals surface area contributed by atoms with E-state index in [-0.39, 0.29) is 10.8 Å². The maximum atomic E-state index is 12.8. The first kappa shape index (κ1) is 22.5. The highest BCUT2D eigenvalue weighted by Gasteiger charge is 2.21. The van der Waals surface area contributed by atoms with Gasteiger partial charge >= 0.3 is 0 Å². The van der Waals surface area contributed by atoms with Crippen molar-refractivity contribution in [2.45, 2.75) is 18.4 Å². The van der Waals surface area contributed by atoms with Crippen molar-refractivity contribution in [2.24, 2.45) is 0 Å². The summed E-state index contributed by atoms with van der Waals surface area (Å²) in [5, 5.41) is 2.80. The van der Waals surface area contributed by atoms with Gasteiger partial charge in [0.05, 0.1) is 23.8 Å². The van der Waals surface area contributed by atoms with Gasteiger partial charge in [0.1, 0.15) is 0 Å². The molecule has 0 saturated carbocycles. The fraction of sp³-hybridized carbons (Fsp3) is 0.208. The Kier molecular flexibility index (Phi) is 7.44. The summed E-state index contributed by atoms with van der Waals surface area (Å²) in [5.74, 6) is -0.237. The number of amides is 1. The maximum Gasteiger partial charge on any atom is 0.264 e. The lowest BCUT2D eigenvalue weighted by molar-refractivity contribution is 0.0901. The summed E-state index contributed by atoms with van der Waals surface area (Å²) < 4.78 is 32.4. The summed E-state index contributed by atoms with van der Waals surface area (Å²) in [6, 6.07) is 23.0. The molecular formula is C24H26N2O4S. The number of rotatable bonds is 9. The highest BCUT2D eigenvalue weighted by atomic mass is 32.2. The molecule has 0 aliphatic rings. The molecule has 1 N–H and O–H groups in total. The lowest BCUT2D eigenvalue weighted by Crippen LogP contribution is -2.28. The molecule has 0 atom stereocenters. The minimum absolute atomic E-state index is 0.220. The predicted molar refractivity (Wildman–Crippen MR) is 122 cm³/mol. The Bertz CT molecular complexity index is 1100. The second-order valence-corrected chi connectivity index (χ2v) is 9.10. The van der Waals surface area contributed by atoms with E-state index in [9.17, 15) is 13.2 Å². The predicted octanol–water partition coefficient (Wildman–Crippen LogP) is 3.77. The Balaban J connectivity index is 1.52. The largest absolute Gasteiger partial charge is 0.375 e. The van der Waals surface area contributed by atoms with Gasteiger partial charge in [-0.15, -0.1) is 0 Å². The summed E-state index contributed by atoms with van der Waals surface area (Å²) in [7, 11) is -2.17. The van der Waals surface area contributed by atoms with Gasteiger partial charge in [0, 0.05) is 19.2 Å². The maximum absolute atomic E-state index is 12.8. The number of ether oxygens (including phenoxy) is 1. The molecule has 0 aliphatic carbocycles. The van der Waals surface area contributed by atoms with Gasteiger partial charge in [-0.3, -0.25) is 9.10 Å². The first-order valence-electron chi connectivity index (χ1n) is 9.93. The van der Waals surface area contributed by atoms with E-state index in [1.54, 1.807) is 48.5 Å². The van der Waals surface area contributed by atoms with Gasteiger partial charge in [-0.1, -0.05) is 48.0 Å². The summed E-state index contributed by atoms with van der Waals surface area (Å²) >= 11 is 0. The van der Waals surface area contributed by atoms with Crippen LogP contribution in [0.2, 0.25) is 0 Å². The molecule has 1 amide bonds. The van der Waals surface area contributed by atoms with E-state index in [4.69, 9.17) is 4.74 Å². The van der Waals surface area contributed by atoms with Crippen molar-refractivity contribution in [2.75, 3.05) is 24.5 Å². The van der Waals surface area contributed by atoms with E-state index >= 15 is 0 Å². The fourth-order valence-corrected chi connectivity index (χ4v) is 4.13. The normalized spacial score (nSPS) is 11.2. The monoisotopic (exact) mass is 438 g/mol. The quantitative estimate of drug-likeness (QED) is 0.516. The molecule has 0 saturated heterocycles. The highest BCUT2D eigenvalue weighted by molar-refractivity contribution is 7.92. The number of benzene rings is 3. The van der Waals surface area contributed by atoms with Gasteiger partial charge in [0.25, 0.3) is 15.9 Å². The first-order valence-corrected chi connectivity index (χ1v) is 11.4. The van der Waals surface area contributed by atoms with E-state index < -0.39 is 10.0 Å².